The fourth-order valence-electron chi connectivity index (χ4n) is 1.31. The number of hydrogen-bond donors (Lipinski definition) is 2. The highest BCUT2D eigenvalue weighted by molar-refractivity contribution is 5.37. The Morgan fingerprint density at radius 1 is 1.38 bits per heavy atom. The van der Waals surface area contributed by atoms with Crippen molar-refractivity contribution in [3.63, 3.8) is 0 Å². The van der Waals surface area contributed by atoms with E-state index in [4.69, 9.17) is 4.74 Å². The van der Waals surface area contributed by atoms with Crippen molar-refractivity contribution >= 4 is 5.82 Å². The Hall–Kier alpha value is -2.04. The Bertz CT molecular complexity index is 427. The number of nitrogens with one attached hydrogen (secondary N) is 2. The predicted octanol–water partition coefficient (Wildman–Crippen LogP) is 1.82. The number of ether oxygens (including phenoxy) is 1. The van der Waals surface area contributed by atoms with Crippen molar-refractivity contribution in [3.05, 3.63) is 36.2 Å². The van der Waals surface area contributed by atoms with Crippen LogP contribution in [0, 0.1) is 0 Å². The van der Waals surface area contributed by atoms with E-state index in [9.17, 15) is 0 Å². The molecule has 5 heteroatoms. The number of hydrogen-bond acceptors (Lipinski definition) is 4. The second-order valence-electron chi connectivity index (χ2n) is 3.23. The normalized spacial score (nSPS) is 10.1. The lowest BCUT2D eigenvalue weighted by Gasteiger charge is -2.06. The van der Waals surface area contributed by atoms with Gasteiger partial charge in [0.15, 0.2) is 0 Å². The molecule has 0 aliphatic rings. The van der Waals surface area contributed by atoms with Gasteiger partial charge in [-0.05, 0) is 19.1 Å². The number of aromatic amines is 1. The van der Waals surface area contributed by atoms with Crippen LogP contribution in [0.5, 0.6) is 5.88 Å². The van der Waals surface area contributed by atoms with E-state index in [1.165, 1.54) is 0 Å². The SMILES string of the molecule is CCOc1cccc(NCc2ccn[nH]2)n1. The molecule has 0 fully saturated rings. The lowest BCUT2D eigenvalue weighted by Crippen LogP contribution is -2.03. The Morgan fingerprint density at radius 3 is 3.06 bits per heavy atom. The summed E-state index contributed by atoms with van der Waals surface area (Å²) in [6.07, 6.45) is 1.72. The number of H-pyrrole nitrogens is 1. The number of pyridine rings is 1. The van der Waals surface area contributed by atoms with E-state index in [0.29, 0.717) is 19.0 Å². The average molecular weight is 218 g/mol. The first kappa shape index (κ1) is 10.5. The van der Waals surface area contributed by atoms with E-state index < -0.39 is 0 Å². The molecular formula is C11H14N4O. The van der Waals surface area contributed by atoms with Crippen LogP contribution in [-0.2, 0) is 6.54 Å². The predicted molar refractivity (Wildman–Crippen MR) is 61.3 cm³/mol. The molecule has 84 valence electrons. The molecule has 0 saturated carbocycles. The van der Waals surface area contributed by atoms with Crippen LogP contribution in [0.4, 0.5) is 5.82 Å². The number of nitrogens with zero attached hydrogens (tertiary/aromatic N) is 2. The van der Waals surface area contributed by atoms with Gasteiger partial charge in [0.05, 0.1) is 18.8 Å². The lowest BCUT2D eigenvalue weighted by molar-refractivity contribution is 0.327. The smallest absolute Gasteiger partial charge is 0.215 e. The Labute approximate surface area is 93.9 Å². The van der Waals surface area contributed by atoms with Gasteiger partial charge in [-0.2, -0.15) is 10.1 Å². The van der Waals surface area contributed by atoms with E-state index in [1.807, 2.05) is 31.2 Å². The summed E-state index contributed by atoms with van der Waals surface area (Å²) < 4.78 is 5.31. The molecule has 2 heterocycles. The fourth-order valence-corrected chi connectivity index (χ4v) is 1.31. The Kier molecular flexibility index (Phi) is 3.38. The molecule has 0 atom stereocenters. The minimum absolute atomic E-state index is 0.622. The van der Waals surface area contributed by atoms with Gasteiger partial charge >= 0.3 is 0 Å². The molecule has 2 rings (SSSR count). The first-order valence-electron chi connectivity index (χ1n) is 5.20. The maximum absolute atomic E-state index is 5.31. The zero-order valence-electron chi connectivity index (χ0n) is 9.10. The van der Waals surface area contributed by atoms with Crippen molar-refractivity contribution in [2.75, 3.05) is 11.9 Å². The minimum Gasteiger partial charge on any atom is -0.478 e. The van der Waals surface area contributed by atoms with E-state index in [-0.39, 0.29) is 0 Å². The first-order chi connectivity index (χ1) is 7.88. The molecule has 0 aliphatic carbocycles. The molecule has 0 aromatic carbocycles. The van der Waals surface area contributed by atoms with Gasteiger partial charge in [-0.15, -0.1) is 0 Å². The second-order valence-corrected chi connectivity index (χ2v) is 3.23. The number of rotatable bonds is 5. The van der Waals surface area contributed by atoms with Crippen LogP contribution in [0.1, 0.15) is 12.6 Å². The minimum atomic E-state index is 0.622. The van der Waals surface area contributed by atoms with Gasteiger partial charge in [0.25, 0.3) is 0 Å². The quantitative estimate of drug-likeness (QED) is 0.803. The molecule has 0 radical (unpaired) electrons. The fraction of sp³-hybridized carbons (Fsp3) is 0.273. The standard InChI is InChI=1S/C11H14N4O/c1-2-16-11-5-3-4-10(14-11)12-8-9-6-7-13-15-9/h3-7H,2,8H2,1H3,(H,12,14)(H,13,15). The maximum atomic E-state index is 5.31. The molecule has 16 heavy (non-hydrogen) atoms. The maximum Gasteiger partial charge on any atom is 0.215 e. The summed E-state index contributed by atoms with van der Waals surface area (Å²) in [7, 11) is 0. The van der Waals surface area contributed by atoms with E-state index in [1.54, 1.807) is 6.20 Å². The van der Waals surface area contributed by atoms with Crippen molar-refractivity contribution in [3.8, 4) is 5.88 Å². The summed E-state index contributed by atoms with van der Waals surface area (Å²) in [5.74, 6) is 1.43. The largest absolute Gasteiger partial charge is 0.478 e. The molecule has 0 saturated heterocycles. The molecule has 0 spiro atoms. The third-order valence-electron chi connectivity index (χ3n) is 2.03. The van der Waals surface area contributed by atoms with Gasteiger partial charge in [-0.3, -0.25) is 5.10 Å². The highest BCUT2D eigenvalue weighted by atomic mass is 16.5. The number of aromatic nitrogens is 3. The van der Waals surface area contributed by atoms with Gasteiger partial charge in [0.2, 0.25) is 5.88 Å². The van der Waals surface area contributed by atoms with E-state index in [0.717, 1.165) is 11.5 Å². The van der Waals surface area contributed by atoms with Crippen molar-refractivity contribution in [2.45, 2.75) is 13.5 Å². The Morgan fingerprint density at radius 2 is 2.31 bits per heavy atom. The zero-order valence-corrected chi connectivity index (χ0v) is 9.10. The van der Waals surface area contributed by atoms with Crippen LogP contribution in [0.15, 0.2) is 30.5 Å². The van der Waals surface area contributed by atoms with E-state index >= 15 is 0 Å². The first-order valence-corrected chi connectivity index (χ1v) is 5.20. The van der Waals surface area contributed by atoms with Crippen molar-refractivity contribution in [2.24, 2.45) is 0 Å². The summed E-state index contributed by atoms with van der Waals surface area (Å²) in [5, 5.41) is 9.93. The van der Waals surface area contributed by atoms with Gasteiger partial charge in [-0.25, -0.2) is 0 Å². The summed E-state index contributed by atoms with van der Waals surface area (Å²) in [5.41, 5.74) is 1.02. The van der Waals surface area contributed by atoms with Gasteiger partial charge in [0, 0.05) is 12.3 Å². The molecule has 0 unspecified atom stereocenters. The monoisotopic (exact) mass is 218 g/mol. The molecule has 2 N–H and O–H groups in total. The second kappa shape index (κ2) is 5.16. The summed E-state index contributed by atoms with van der Waals surface area (Å²) in [4.78, 5) is 4.29. The molecule has 5 nitrogen and oxygen atoms in total. The number of anilines is 1. The molecular weight excluding hydrogens is 204 g/mol. The van der Waals surface area contributed by atoms with Crippen LogP contribution < -0.4 is 10.1 Å². The van der Waals surface area contributed by atoms with Gasteiger partial charge in [0.1, 0.15) is 5.82 Å². The van der Waals surface area contributed by atoms with Crippen LogP contribution >= 0.6 is 0 Å². The highest BCUT2D eigenvalue weighted by Gasteiger charge is 1.98. The van der Waals surface area contributed by atoms with Crippen LogP contribution in [0.25, 0.3) is 0 Å². The average Bonchev–Trinajstić information content (AvgIpc) is 2.80. The third-order valence-corrected chi connectivity index (χ3v) is 2.03. The summed E-state index contributed by atoms with van der Waals surface area (Å²) in [6.45, 7) is 3.23. The highest BCUT2D eigenvalue weighted by Crippen LogP contribution is 2.11. The topological polar surface area (TPSA) is 62.8 Å². The van der Waals surface area contributed by atoms with Gasteiger partial charge < -0.3 is 10.1 Å². The van der Waals surface area contributed by atoms with Gasteiger partial charge in [-0.1, -0.05) is 6.07 Å². The summed E-state index contributed by atoms with van der Waals surface area (Å²) in [6, 6.07) is 7.57. The lowest BCUT2D eigenvalue weighted by atomic mass is 10.4. The summed E-state index contributed by atoms with van der Waals surface area (Å²) >= 11 is 0. The van der Waals surface area contributed by atoms with Crippen molar-refractivity contribution in [1.29, 1.82) is 0 Å². The molecule has 0 aliphatic heterocycles. The van der Waals surface area contributed by atoms with Crippen LogP contribution in [-0.4, -0.2) is 21.8 Å². The van der Waals surface area contributed by atoms with Crippen molar-refractivity contribution < 1.29 is 4.74 Å². The molecule has 0 amide bonds. The molecule has 0 bridgehead atoms. The molecule has 2 aromatic rings. The molecule has 2 aromatic heterocycles. The van der Waals surface area contributed by atoms with Crippen molar-refractivity contribution in [1.82, 2.24) is 15.2 Å². The van der Waals surface area contributed by atoms with Crippen LogP contribution in [0.3, 0.4) is 0 Å². The van der Waals surface area contributed by atoms with Crippen LogP contribution in [0.2, 0.25) is 0 Å². The third kappa shape index (κ3) is 2.73. The van der Waals surface area contributed by atoms with E-state index in [2.05, 4.69) is 20.5 Å². The zero-order chi connectivity index (χ0) is 11.2. The Balaban J connectivity index is 1.96.